The van der Waals surface area contributed by atoms with Gasteiger partial charge >= 0.3 is 0 Å². The van der Waals surface area contributed by atoms with Crippen molar-refractivity contribution in [3.8, 4) is 5.75 Å². The molecule has 3 rings (SSSR count). The minimum absolute atomic E-state index is 0.790. The van der Waals surface area contributed by atoms with E-state index in [2.05, 4.69) is 31.2 Å². The fourth-order valence-corrected chi connectivity index (χ4v) is 3.30. The van der Waals surface area contributed by atoms with Crippen LogP contribution < -0.4 is 4.43 Å². The van der Waals surface area contributed by atoms with Crippen molar-refractivity contribution in [3.63, 3.8) is 0 Å². The van der Waals surface area contributed by atoms with Gasteiger partial charge in [-0.05, 0) is 44.6 Å². The number of aromatic nitrogens is 2. The molecule has 0 aliphatic rings. The normalized spacial score (nSPS) is 11.8. The number of hydrogen-bond donors (Lipinski definition) is 0. The molecule has 2 aromatic carbocycles. The molecule has 0 aliphatic carbocycles. The van der Waals surface area contributed by atoms with Gasteiger partial charge in [-0.1, -0.05) is 42.5 Å². The van der Waals surface area contributed by atoms with Crippen LogP contribution in [0.25, 0.3) is 0 Å². The molecule has 0 bridgehead atoms. The van der Waals surface area contributed by atoms with Gasteiger partial charge in [-0.15, -0.1) is 0 Å². The highest BCUT2D eigenvalue weighted by molar-refractivity contribution is 6.49. The van der Waals surface area contributed by atoms with Gasteiger partial charge in [0.15, 0.2) is 5.84 Å². The number of nitrogens with zero attached hydrogens (tertiary/aromatic N) is 3. The molecule has 0 amide bonds. The van der Waals surface area contributed by atoms with Gasteiger partial charge in [0.2, 0.25) is 9.04 Å². The first-order chi connectivity index (χ1) is 12.0. The molecule has 0 saturated heterocycles. The van der Waals surface area contributed by atoms with Crippen LogP contribution in [-0.2, 0) is 0 Å². The molecule has 5 heteroatoms. The van der Waals surface area contributed by atoms with Crippen molar-refractivity contribution in [3.05, 3.63) is 77.6 Å². The lowest BCUT2D eigenvalue weighted by Crippen LogP contribution is -2.15. The maximum atomic E-state index is 6.11. The Bertz CT molecular complexity index is 885. The van der Waals surface area contributed by atoms with Gasteiger partial charge in [-0.2, -0.15) is 5.10 Å². The minimum Gasteiger partial charge on any atom is -0.546 e. The number of benzene rings is 2. The Labute approximate surface area is 150 Å². The van der Waals surface area contributed by atoms with E-state index in [1.165, 1.54) is 0 Å². The highest BCUT2D eigenvalue weighted by Crippen LogP contribution is 2.32. The van der Waals surface area contributed by atoms with Crippen LogP contribution in [-0.4, -0.2) is 24.7 Å². The van der Waals surface area contributed by atoms with Gasteiger partial charge in [0.1, 0.15) is 11.4 Å². The van der Waals surface area contributed by atoms with Crippen LogP contribution >= 0.6 is 0 Å². The molecular formula is C20H23N3OSi. The fourth-order valence-electron chi connectivity index (χ4n) is 2.60. The highest BCUT2D eigenvalue weighted by atomic mass is 28.3. The van der Waals surface area contributed by atoms with Crippen molar-refractivity contribution in [2.24, 2.45) is 4.99 Å². The summed E-state index contributed by atoms with van der Waals surface area (Å²) >= 11 is 0. The van der Waals surface area contributed by atoms with Crippen LogP contribution in [0.4, 0.5) is 5.69 Å². The second-order valence-electron chi connectivity index (χ2n) is 6.29. The third-order valence-corrected chi connectivity index (χ3v) is 4.48. The van der Waals surface area contributed by atoms with Gasteiger partial charge in [0.05, 0.1) is 5.69 Å². The first-order valence-electron chi connectivity index (χ1n) is 8.47. The lowest BCUT2D eigenvalue weighted by Gasteiger charge is -2.15. The van der Waals surface area contributed by atoms with E-state index in [1.807, 2.05) is 66.3 Å². The third-order valence-electron chi connectivity index (χ3n) is 3.75. The maximum Gasteiger partial charge on any atom is 0.229 e. The van der Waals surface area contributed by atoms with Gasteiger partial charge in [-0.3, -0.25) is 0 Å². The summed E-state index contributed by atoms with van der Waals surface area (Å²) < 4.78 is 7.93. The lowest BCUT2D eigenvalue weighted by molar-refractivity contribution is 0.581. The van der Waals surface area contributed by atoms with Crippen molar-refractivity contribution in [1.82, 2.24) is 9.78 Å². The summed E-state index contributed by atoms with van der Waals surface area (Å²) in [5, 5.41) is 4.56. The van der Waals surface area contributed by atoms with Crippen LogP contribution in [0, 0.1) is 13.8 Å². The predicted octanol–water partition coefficient (Wildman–Crippen LogP) is 4.49. The van der Waals surface area contributed by atoms with E-state index in [0.29, 0.717) is 0 Å². The molecule has 0 radical (unpaired) electrons. The number of aliphatic imine (C=N–C) groups is 1. The molecule has 0 atom stereocenters. The molecule has 25 heavy (non-hydrogen) atoms. The van der Waals surface area contributed by atoms with E-state index in [-0.39, 0.29) is 0 Å². The van der Waals surface area contributed by atoms with Crippen molar-refractivity contribution < 1.29 is 4.43 Å². The molecule has 0 fully saturated rings. The molecule has 0 spiro atoms. The number of hydrogen-bond acceptors (Lipinski definition) is 3. The fraction of sp³-hybridized carbons (Fsp3) is 0.200. The monoisotopic (exact) mass is 349 g/mol. The van der Waals surface area contributed by atoms with Gasteiger partial charge < -0.3 is 4.43 Å². The second kappa shape index (κ2) is 7.48. The first kappa shape index (κ1) is 17.2. The van der Waals surface area contributed by atoms with E-state index in [0.717, 1.165) is 34.1 Å². The number of aryl methyl sites for hydroxylation is 2. The third kappa shape index (κ3) is 4.06. The zero-order valence-electron chi connectivity index (χ0n) is 15.1. The summed E-state index contributed by atoms with van der Waals surface area (Å²) in [6.45, 7) is 8.35. The predicted molar refractivity (Wildman–Crippen MR) is 106 cm³/mol. The minimum atomic E-state index is -1.23. The zero-order valence-corrected chi connectivity index (χ0v) is 16.3. The molecule has 4 nitrogen and oxygen atoms in total. The molecule has 1 aromatic heterocycles. The molecule has 128 valence electrons. The van der Waals surface area contributed by atoms with Crippen LogP contribution in [0.1, 0.15) is 16.8 Å². The highest BCUT2D eigenvalue weighted by Gasteiger charge is 2.13. The smallest absolute Gasteiger partial charge is 0.229 e. The Kier molecular flexibility index (Phi) is 5.14. The molecule has 0 saturated carbocycles. The average molecular weight is 350 g/mol. The second-order valence-corrected chi connectivity index (χ2v) is 8.62. The Hall–Kier alpha value is -2.66. The van der Waals surface area contributed by atoms with Crippen molar-refractivity contribution >= 4 is 20.6 Å². The van der Waals surface area contributed by atoms with Crippen LogP contribution in [0.5, 0.6) is 5.75 Å². The first-order valence-corrected chi connectivity index (χ1v) is 11.3. The molecular weight excluding hydrogens is 326 g/mol. The largest absolute Gasteiger partial charge is 0.546 e. The van der Waals surface area contributed by atoms with E-state index < -0.39 is 9.04 Å². The van der Waals surface area contributed by atoms with Crippen LogP contribution in [0.15, 0.2) is 65.8 Å². The van der Waals surface area contributed by atoms with Crippen LogP contribution in [0.3, 0.4) is 0 Å². The van der Waals surface area contributed by atoms with Gasteiger partial charge in [0.25, 0.3) is 0 Å². The van der Waals surface area contributed by atoms with E-state index in [4.69, 9.17) is 9.42 Å². The SMILES string of the molecule is Cc1ccn(C(=Nc2c(C)cccc2O[SiH](C)C)c2ccccc2)n1. The summed E-state index contributed by atoms with van der Waals surface area (Å²) in [5.74, 6) is 1.64. The Morgan fingerprint density at radius 1 is 1.00 bits per heavy atom. The lowest BCUT2D eigenvalue weighted by atomic mass is 10.1. The van der Waals surface area contributed by atoms with E-state index in [9.17, 15) is 0 Å². The Morgan fingerprint density at radius 2 is 1.76 bits per heavy atom. The summed E-state index contributed by atoms with van der Waals surface area (Å²) in [7, 11) is -1.23. The average Bonchev–Trinajstić information content (AvgIpc) is 3.01. The van der Waals surface area contributed by atoms with Crippen LogP contribution in [0.2, 0.25) is 13.1 Å². The topological polar surface area (TPSA) is 39.4 Å². The van der Waals surface area contributed by atoms with E-state index in [1.54, 1.807) is 0 Å². The molecule has 0 N–H and O–H groups in total. The molecule has 1 heterocycles. The molecule has 3 aromatic rings. The summed E-state index contributed by atoms with van der Waals surface area (Å²) in [6, 6.07) is 18.2. The zero-order chi connectivity index (χ0) is 17.8. The number of para-hydroxylation sites is 1. The van der Waals surface area contributed by atoms with Crippen molar-refractivity contribution in [2.75, 3.05) is 0 Å². The van der Waals surface area contributed by atoms with Gasteiger partial charge in [-0.25, -0.2) is 9.67 Å². The Morgan fingerprint density at radius 3 is 2.40 bits per heavy atom. The van der Waals surface area contributed by atoms with Crippen molar-refractivity contribution in [2.45, 2.75) is 26.9 Å². The van der Waals surface area contributed by atoms with E-state index >= 15 is 0 Å². The summed E-state index contributed by atoms with van der Waals surface area (Å²) in [5.41, 5.74) is 3.93. The number of rotatable bonds is 4. The standard InChI is InChI=1S/C20H23N3OSi/c1-15-9-8-12-18(24-25(3)4)19(15)21-20(17-10-6-5-7-11-17)23-14-13-16(2)22-23/h5-14,25H,1-4H3. The summed E-state index contributed by atoms with van der Waals surface area (Å²) in [4.78, 5) is 4.98. The van der Waals surface area contributed by atoms with Crippen molar-refractivity contribution in [1.29, 1.82) is 0 Å². The maximum absolute atomic E-state index is 6.11. The van der Waals surface area contributed by atoms with Gasteiger partial charge in [0, 0.05) is 11.8 Å². The summed E-state index contributed by atoms with van der Waals surface area (Å²) in [6.07, 6.45) is 1.94. The quantitative estimate of drug-likeness (QED) is 0.395. The molecule has 0 aliphatic heterocycles. The molecule has 0 unspecified atom stereocenters. The Balaban J connectivity index is 2.17.